The zero-order valence-electron chi connectivity index (χ0n) is 12.1. The van der Waals surface area contributed by atoms with Crippen molar-refractivity contribution >= 4 is 12.1 Å². The molecule has 0 saturated heterocycles. The van der Waals surface area contributed by atoms with E-state index in [1.807, 2.05) is 12.1 Å². The molecule has 2 aromatic rings. The van der Waals surface area contributed by atoms with E-state index in [-0.39, 0.29) is 11.7 Å². The van der Waals surface area contributed by atoms with Gasteiger partial charge in [-0.2, -0.15) is 0 Å². The lowest BCUT2D eigenvalue weighted by molar-refractivity contribution is -0.385. The van der Waals surface area contributed by atoms with Crippen LogP contribution in [0.4, 0.5) is 5.69 Å². The maximum Gasteiger partial charge on any atom is 0.272 e. The summed E-state index contributed by atoms with van der Waals surface area (Å²) >= 11 is 0. The number of carbonyl (C=O) groups is 1. The van der Waals surface area contributed by atoms with E-state index in [0.717, 1.165) is 5.56 Å². The zero-order chi connectivity index (χ0) is 15.9. The van der Waals surface area contributed by atoms with E-state index in [1.165, 1.54) is 6.07 Å². The van der Waals surface area contributed by atoms with Gasteiger partial charge in [0.2, 0.25) is 6.41 Å². The number of ether oxygens (including phenoxy) is 1. The van der Waals surface area contributed by atoms with Gasteiger partial charge in [-0.1, -0.05) is 30.3 Å². The number of carbonyl (C=O) groups excluding carboxylic acids is 1. The molecule has 0 aliphatic rings. The summed E-state index contributed by atoms with van der Waals surface area (Å²) < 4.78 is 5.10. The molecule has 0 fully saturated rings. The summed E-state index contributed by atoms with van der Waals surface area (Å²) in [5.41, 5.74) is 1.47. The van der Waals surface area contributed by atoms with Crippen LogP contribution in [0.25, 0.3) is 0 Å². The van der Waals surface area contributed by atoms with Crippen molar-refractivity contribution in [3.63, 3.8) is 0 Å². The number of nitrogens with one attached hydrogen (secondary N) is 1. The molecule has 0 radical (unpaired) electrons. The summed E-state index contributed by atoms with van der Waals surface area (Å²) in [5.74, 6) is 0.708. The predicted octanol–water partition coefficient (Wildman–Crippen LogP) is 2.63. The minimum atomic E-state index is -0.415. The third-order valence-corrected chi connectivity index (χ3v) is 3.40. The van der Waals surface area contributed by atoms with Crippen molar-refractivity contribution < 1.29 is 14.5 Å². The van der Waals surface area contributed by atoms with Gasteiger partial charge < -0.3 is 10.1 Å². The summed E-state index contributed by atoms with van der Waals surface area (Å²) in [7, 11) is 1.57. The molecular formula is C16H16N2O4. The smallest absolute Gasteiger partial charge is 0.272 e. The molecule has 114 valence electrons. The highest BCUT2D eigenvalue weighted by Gasteiger charge is 2.18. The Balaban J connectivity index is 2.28. The third kappa shape index (κ3) is 3.60. The number of methoxy groups -OCH3 is 1. The molecule has 0 heterocycles. The SMILES string of the molecule is COc1ccc([C@H](Cc2ccccc2[N+](=O)[O-])NC=O)cc1. The fourth-order valence-corrected chi connectivity index (χ4v) is 2.27. The molecule has 0 bridgehead atoms. The second-order valence-electron chi connectivity index (χ2n) is 4.70. The second-order valence-corrected chi connectivity index (χ2v) is 4.70. The first-order chi connectivity index (χ1) is 10.7. The number of nitro benzene ring substituents is 1. The van der Waals surface area contributed by atoms with E-state index in [0.29, 0.717) is 24.1 Å². The molecule has 6 heteroatoms. The zero-order valence-corrected chi connectivity index (χ0v) is 12.1. The highest BCUT2D eigenvalue weighted by atomic mass is 16.6. The first-order valence-electron chi connectivity index (χ1n) is 6.71. The van der Waals surface area contributed by atoms with Gasteiger partial charge in [-0.05, 0) is 17.7 Å². The fourth-order valence-electron chi connectivity index (χ4n) is 2.27. The molecule has 0 spiro atoms. The molecule has 0 unspecified atom stereocenters. The van der Waals surface area contributed by atoms with Crippen LogP contribution in [0.3, 0.4) is 0 Å². The van der Waals surface area contributed by atoms with Gasteiger partial charge in [-0.15, -0.1) is 0 Å². The molecule has 0 aliphatic carbocycles. The van der Waals surface area contributed by atoms with Crippen molar-refractivity contribution in [3.8, 4) is 5.75 Å². The highest BCUT2D eigenvalue weighted by Crippen LogP contribution is 2.25. The number of hydrogen-bond acceptors (Lipinski definition) is 4. The Morgan fingerprint density at radius 1 is 1.23 bits per heavy atom. The summed E-state index contributed by atoms with van der Waals surface area (Å²) in [6.07, 6.45) is 0.936. The largest absolute Gasteiger partial charge is 0.497 e. The van der Waals surface area contributed by atoms with Gasteiger partial charge >= 0.3 is 0 Å². The maximum atomic E-state index is 11.1. The van der Waals surface area contributed by atoms with Crippen LogP contribution in [0.5, 0.6) is 5.75 Å². The molecular weight excluding hydrogens is 284 g/mol. The summed E-state index contributed by atoms with van der Waals surface area (Å²) in [4.78, 5) is 21.5. The molecule has 1 amide bonds. The first kappa shape index (κ1) is 15.5. The molecule has 0 aromatic heterocycles. The van der Waals surface area contributed by atoms with Gasteiger partial charge in [0.25, 0.3) is 5.69 Å². The van der Waals surface area contributed by atoms with Crippen LogP contribution >= 0.6 is 0 Å². The number of nitro groups is 1. The van der Waals surface area contributed by atoms with Gasteiger partial charge in [0.15, 0.2) is 0 Å². The molecule has 0 aliphatic heterocycles. The van der Waals surface area contributed by atoms with Crippen LogP contribution in [0.1, 0.15) is 17.2 Å². The Hall–Kier alpha value is -2.89. The minimum absolute atomic E-state index is 0.0497. The number of nitrogens with zero attached hydrogens (tertiary/aromatic N) is 1. The van der Waals surface area contributed by atoms with E-state index in [1.54, 1.807) is 37.4 Å². The Bertz CT molecular complexity index is 655. The molecule has 22 heavy (non-hydrogen) atoms. The molecule has 2 rings (SSSR count). The predicted molar refractivity (Wildman–Crippen MR) is 81.7 cm³/mol. The molecule has 1 N–H and O–H groups in total. The van der Waals surface area contributed by atoms with Crippen LogP contribution in [0.15, 0.2) is 48.5 Å². The van der Waals surface area contributed by atoms with Gasteiger partial charge in [0.1, 0.15) is 5.75 Å². The van der Waals surface area contributed by atoms with Crippen molar-refractivity contribution in [2.24, 2.45) is 0 Å². The monoisotopic (exact) mass is 300 g/mol. The molecule has 2 aromatic carbocycles. The van der Waals surface area contributed by atoms with E-state index in [9.17, 15) is 14.9 Å². The Morgan fingerprint density at radius 3 is 2.50 bits per heavy atom. The number of hydrogen-bond donors (Lipinski definition) is 1. The lowest BCUT2D eigenvalue weighted by Crippen LogP contribution is -2.22. The third-order valence-electron chi connectivity index (χ3n) is 3.40. The van der Waals surface area contributed by atoms with Gasteiger partial charge in [-0.25, -0.2) is 0 Å². The van der Waals surface area contributed by atoms with Gasteiger partial charge in [0, 0.05) is 18.1 Å². The van der Waals surface area contributed by atoms with E-state index in [2.05, 4.69) is 5.32 Å². The van der Waals surface area contributed by atoms with E-state index >= 15 is 0 Å². The first-order valence-corrected chi connectivity index (χ1v) is 6.71. The van der Waals surface area contributed by atoms with Crippen LogP contribution in [0.2, 0.25) is 0 Å². The van der Waals surface area contributed by atoms with Crippen LogP contribution in [0, 0.1) is 10.1 Å². The number of amides is 1. The average Bonchev–Trinajstić information content (AvgIpc) is 2.55. The number of para-hydroxylation sites is 1. The topological polar surface area (TPSA) is 81.5 Å². The van der Waals surface area contributed by atoms with Crippen molar-refractivity contribution in [1.29, 1.82) is 0 Å². The highest BCUT2D eigenvalue weighted by molar-refractivity contribution is 5.49. The van der Waals surface area contributed by atoms with Crippen molar-refractivity contribution in [2.75, 3.05) is 7.11 Å². The van der Waals surface area contributed by atoms with Gasteiger partial charge in [-0.3, -0.25) is 14.9 Å². The van der Waals surface area contributed by atoms with E-state index < -0.39 is 4.92 Å². The van der Waals surface area contributed by atoms with Crippen LogP contribution in [-0.2, 0) is 11.2 Å². The standard InChI is InChI=1S/C16H16N2O4/c1-22-14-8-6-12(7-9-14)15(17-11-19)10-13-4-2-3-5-16(13)18(20)21/h2-9,11,15H,10H2,1H3,(H,17,19)/t15-/m0/s1. The van der Waals surface area contributed by atoms with Crippen LogP contribution < -0.4 is 10.1 Å². The quantitative estimate of drug-likeness (QED) is 0.484. The number of benzene rings is 2. The molecule has 6 nitrogen and oxygen atoms in total. The van der Waals surface area contributed by atoms with E-state index in [4.69, 9.17) is 4.74 Å². The maximum absolute atomic E-state index is 11.1. The molecule has 1 atom stereocenters. The lowest BCUT2D eigenvalue weighted by atomic mass is 9.98. The van der Waals surface area contributed by atoms with Crippen molar-refractivity contribution in [2.45, 2.75) is 12.5 Å². The average molecular weight is 300 g/mol. The second kappa shape index (κ2) is 7.21. The fraction of sp³-hybridized carbons (Fsp3) is 0.188. The van der Waals surface area contributed by atoms with Crippen LogP contribution in [-0.4, -0.2) is 18.4 Å². The van der Waals surface area contributed by atoms with Gasteiger partial charge in [0.05, 0.1) is 18.1 Å². The summed E-state index contributed by atoms with van der Waals surface area (Å²) in [6.45, 7) is 0. The summed E-state index contributed by atoms with van der Waals surface area (Å²) in [5, 5.41) is 13.8. The Morgan fingerprint density at radius 2 is 1.91 bits per heavy atom. The lowest BCUT2D eigenvalue weighted by Gasteiger charge is -2.17. The normalized spacial score (nSPS) is 11.5. The van der Waals surface area contributed by atoms with Crippen molar-refractivity contribution in [1.82, 2.24) is 5.32 Å². The number of rotatable bonds is 7. The Kier molecular flexibility index (Phi) is 5.08. The Labute approximate surface area is 127 Å². The van der Waals surface area contributed by atoms with Crippen molar-refractivity contribution in [3.05, 3.63) is 69.8 Å². The summed E-state index contributed by atoms with van der Waals surface area (Å²) in [6, 6.07) is 13.4. The molecule has 0 saturated carbocycles. The minimum Gasteiger partial charge on any atom is -0.497 e.